The van der Waals surface area contributed by atoms with Gasteiger partial charge in [-0.25, -0.2) is 0 Å². The van der Waals surface area contributed by atoms with E-state index in [0.717, 1.165) is 17.8 Å². The SMILES string of the molecule is CN1CC(c2ccc(NCCCO)c(N)c2)C(C)(C)C1=O. The third kappa shape index (κ3) is 2.97. The van der Waals surface area contributed by atoms with Crippen molar-refractivity contribution in [2.75, 3.05) is 37.8 Å². The highest BCUT2D eigenvalue weighted by molar-refractivity contribution is 5.85. The fourth-order valence-corrected chi connectivity index (χ4v) is 3.01. The average Bonchev–Trinajstić information content (AvgIpc) is 2.64. The Balaban J connectivity index is 2.19. The first-order valence-electron chi connectivity index (χ1n) is 7.37. The molecule has 1 aliphatic rings. The lowest BCUT2D eigenvalue weighted by atomic mass is 9.77. The van der Waals surface area contributed by atoms with E-state index >= 15 is 0 Å². The van der Waals surface area contributed by atoms with Crippen LogP contribution in [0, 0.1) is 5.41 Å². The van der Waals surface area contributed by atoms with E-state index in [1.54, 1.807) is 4.90 Å². The van der Waals surface area contributed by atoms with E-state index in [1.807, 2.05) is 39.1 Å². The van der Waals surface area contributed by atoms with Crippen molar-refractivity contribution in [2.24, 2.45) is 5.41 Å². The Hall–Kier alpha value is -1.75. The molecule has 21 heavy (non-hydrogen) atoms. The summed E-state index contributed by atoms with van der Waals surface area (Å²) in [5.74, 6) is 0.333. The lowest BCUT2D eigenvalue weighted by Crippen LogP contribution is -2.28. The Morgan fingerprint density at radius 1 is 1.48 bits per heavy atom. The molecule has 0 saturated carbocycles. The molecule has 1 aliphatic heterocycles. The highest BCUT2D eigenvalue weighted by atomic mass is 16.3. The maximum Gasteiger partial charge on any atom is 0.228 e. The molecular formula is C16H25N3O2. The number of amides is 1. The number of likely N-dealkylation sites (tertiary alicyclic amines) is 1. The smallest absolute Gasteiger partial charge is 0.228 e. The summed E-state index contributed by atoms with van der Waals surface area (Å²) in [4.78, 5) is 14.0. The number of carbonyl (C=O) groups is 1. The number of anilines is 2. The van der Waals surface area contributed by atoms with E-state index < -0.39 is 5.41 Å². The van der Waals surface area contributed by atoms with Crippen molar-refractivity contribution in [1.82, 2.24) is 4.90 Å². The molecule has 0 radical (unpaired) electrons. The van der Waals surface area contributed by atoms with E-state index in [4.69, 9.17) is 10.8 Å². The fraction of sp³-hybridized carbons (Fsp3) is 0.562. The Bertz CT molecular complexity index is 528. The van der Waals surface area contributed by atoms with Gasteiger partial charge in [-0.2, -0.15) is 0 Å². The van der Waals surface area contributed by atoms with Gasteiger partial charge in [0.05, 0.1) is 16.8 Å². The summed E-state index contributed by atoms with van der Waals surface area (Å²) in [6, 6.07) is 5.96. The number of nitrogen functional groups attached to an aromatic ring is 1. The topological polar surface area (TPSA) is 78.6 Å². The lowest BCUT2D eigenvalue weighted by Gasteiger charge is -2.24. The predicted molar refractivity (Wildman–Crippen MR) is 85.2 cm³/mol. The maximum atomic E-state index is 12.2. The summed E-state index contributed by atoms with van der Waals surface area (Å²) in [6.45, 7) is 5.56. The van der Waals surface area contributed by atoms with Gasteiger partial charge in [0.2, 0.25) is 5.91 Å². The summed E-state index contributed by atoms with van der Waals surface area (Å²) in [5, 5.41) is 12.0. The van der Waals surface area contributed by atoms with Crippen molar-refractivity contribution >= 4 is 17.3 Å². The van der Waals surface area contributed by atoms with Gasteiger partial charge >= 0.3 is 0 Å². The number of aliphatic hydroxyl groups excluding tert-OH is 1. The quantitative estimate of drug-likeness (QED) is 0.569. The summed E-state index contributed by atoms with van der Waals surface area (Å²) >= 11 is 0. The van der Waals surface area contributed by atoms with Crippen molar-refractivity contribution in [3.63, 3.8) is 0 Å². The van der Waals surface area contributed by atoms with Crippen molar-refractivity contribution in [2.45, 2.75) is 26.2 Å². The van der Waals surface area contributed by atoms with Gasteiger partial charge in [-0.05, 0) is 24.1 Å². The van der Waals surface area contributed by atoms with Crippen LogP contribution in [0.3, 0.4) is 0 Å². The number of carbonyl (C=O) groups excluding carboxylic acids is 1. The molecule has 1 atom stereocenters. The highest BCUT2D eigenvalue weighted by Crippen LogP contribution is 2.43. The molecule has 0 bridgehead atoms. The molecule has 2 rings (SSSR count). The third-order valence-corrected chi connectivity index (χ3v) is 4.35. The first kappa shape index (κ1) is 15.6. The normalized spacial score (nSPS) is 20.9. The van der Waals surface area contributed by atoms with E-state index in [1.165, 1.54) is 0 Å². The van der Waals surface area contributed by atoms with Crippen LogP contribution in [-0.2, 0) is 4.79 Å². The second-order valence-corrected chi connectivity index (χ2v) is 6.31. The molecule has 0 aromatic heterocycles. The molecule has 0 aliphatic carbocycles. The van der Waals surface area contributed by atoms with Gasteiger partial charge in [-0.3, -0.25) is 4.79 Å². The van der Waals surface area contributed by atoms with E-state index in [9.17, 15) is 4.79 Å². The third-order valence-electron chi connectivity index (χ3n) is 4.35. The minimum Gasteiger partial charge on any atom is -0.397 e. The van der Waals surface area contributed by atoms with Crippen LogP contribution in [0.1, 0.15) is 31.7 Å². The second-order valence-electron chi connectivity index (χ2n) is 6.31. The van der Waals surface area contributed by atoms with E-state index in [0.29, 0.717) is 18.7 Å². The number of hydrogen-bond donors (Lipinski definition) is 3. The first-order chi connectivity index (χ1) is 9.87. The van der Waals surface area contributed by atoms with Crippen molar-refractivity contribution in [1.29, 1.82) is 0 Å². The molecule has 1 amide bonds. The number of aliphatic hydroxyl groups is 1. The predicted octanol–water partition coefficient (Wildman–Crippen LogP) is 1.64. The first-order valence-corrected chi connectivity index (χ1v) is 7.37. The average molecular weight is 291 g/mol. The zero-order chi connectivity index (χ0) is 15.6. The minimum absolute atomic E-state index is 0.156. The molecule has 4 N–H and O–H groups in total. The number of rotatable bonds is 5. The van der Waals surface area contributed by atoms with Crippen LogP contribution >= 0.6 is 0 Å². The van der Waals surface area contributed by atoms with Gasteiger partial charge in [0, 0.05) is 32.7 Å². The van der Waals surface area contributed by atoms with Crippen LogP contribution in [0.2, 0.25) is 0 Å². The number of nitrogens with zero attached hydrogens (tertiary/aromatic N) is 1. The zero-order valence-electron chi connectivity index (χ0n) is 13.0. The molecule has 116 valence electrons. The number of likely N-dealkylation sites (N-methyl/N-ethyl adjacent to an activating group) is 1. The Morgan fingerprint density at radius 3 is 2.71 bits per heavy atom. The van der Waals surface area contributed by atoms with Gasteiger partial charge in [-0.15, -0.1) is 0 Å². The Kier molecular flexibility index (Phi) is 4.42. The molecule has 0 spiro atoms. The van der Waals surface area contributed by atoms with Crippen molar-refractivity contribution in [3.05, 3.63) is 23.8 Å². The van der Waals surface area contributed by atoms with Gasteiger partial charge in [0.1, 0.15) is 0 Å². The molecule has 1 fully saturated rings. The maximum absolute atomic E-state index is 12.2. The van der Waals surface area contributed by atoms with Crippen LogP contribution in [-0.4, -0.2) is 42.7 Å². The summed E-state index contributed by atoms with van der Waals surface area (Å²) in [5.41, 5.74) is 8.37. The summed E-state index contributed by atoms with van der Waals surface area (Å²) in [6.07, 6.45) is 0.691. The Labute approximate surface area is 126 Å². The molecule has 5 nitrogen and oxygen atoms in total. The molecule has 1 heterocycles. The highest BCUT2D eigenvalue weighted by Gasteiger charge is 2.46. The molecule has 1 unspecified atom stereocenters. The van der Waals surface area contributed by atoms with Crippen LogP contribution in [0.15, 0.2) is 18.2 Å². The fourth-order valence-electron chi connectivity index (χ4n) is 3.01. The standard InChI is InChI=1S/C16H25N3O2/c1-16(2)12(10-19(3)15(16)21)11-5-6-14(13(17)9-11)18-7-4-8-20/h5-6,9,12,18,20H,4,7-8,10,17H2,1-3H3. The summed E-state index contributed by atoms with van der Waals surface area (Å²) < 4.78 is 0. The number of nitrogens with one attached hydrogen (secondary N) is 1. The van der Waals surface area contributed by atoms with Crippen LogP contribution in [0.25, 0.3) is 0 Å². The lowest BCUT2D eigenvalue weighted by molar-refractivity contribution is -0.133. The molecule has 5 heteroatoms. The van der Waals surface area contributed by atoms with Gasteiger partial charge in [0.25, 0.3) is 0 Å². The Morgan fingerprint density at radius 2 is 2.19 bits per heavy atom. The molecule has 1 aromatic carbocycles. The number of nitrogens with two attached hydrogens (primary N) is 1. The van der Waals surface area contributed by atoms with Crippen LogP contribution in [0.5, 0.6) is 0 Å². The van der Waals surface area contributed by atoms with Gasteiger partial charge < -0.3 is 21.1 Å². The minimum atomic E-state index is -0.396. The van der Waals surface area contributed by atoms with E-state index in [2.05, 4.69) is 5.32 Å². The number of benzene rings is 1. The van der Waals surface area contributed by atoms with Crippen LogP contribution < -0.4 is 11.1 Å². The van der Waals surface area contributed by atoms with Gasteiger partial charge in [0.15, 0.2) is 0 Å². The van der Waals surface area contributed by atoms with Crippen molar-refractivity contribution < 1.29 is 9.90 Å². The monoisotopic (exact) mass is 291 g/mol. The van der Waals surface area contributed by atoms with Crippen molar-refractivity contribution in [3.8, 4) is 0 Å². The van der Waals surface area contributed by atoms with Crippen LogP contribution in [0.4, 0.5) is 11.4 Å². The molecule has 1 aromatic rings. The van der Waals surface area contributed by atoms with Gasteiger partial charge in [-0.1, -0.05) is 19.9 Å². The molecule has 1 saturated heterocycles. The molecular weight excluding hydrogens is 266 g/mol. The van der Waals surface area contributed by atoms with E-state index in [-0.39, 0.29) is 18.4 Å². The summed E-state index contributed by atoms with van der Waals surface area (Å²) in [7, 11) is 1.85. The zero-order valence-corrected chi connectivity index (χ0v) is 13.0. The second kappa shape index (κ2) is 5.93. The largest absolute Gasteiger partial charge is 0.397 e. The number of hydrogen-bond acceptors (Lipinski definition) is 4.